The minimum Gasteiger partial charge on any atom is -0.492 e. The van der Waals surface area contributed by atoms with Crippen LogP contribution in [0, 0.1) is 5.82 Å². The second-order valence-corrected chi connectivity index (χ2v) is 4.17. The number of aliphatic hydroxyl groups is 1. The molecule has 76 valence electrons. The molecule has 0 saturated heterocycles. The van der Waals surface area contributed by atoms with Crippen molar-refractivity contribution in [2.45, 2.75) is 25.4 Å². The summed E-state index contributed by atoms with van der Waals surface area (Å²) in [4.78, 5) is 0. The smallest absolute Gasteiger partial charge is 0.130 e. The summed E-state index contributed by atoms with van der Waals surface area (Å²) in [5.74, 6) is -0.0250. The molecule has 14 heavy (non-hydrogen) atoms. The summed E-state index contributed by atoms with van der Waals surface area (Å²) in [5, 5.41) is 9.84. The first-order chi connectivity index (χ1) is 6.50. The molecular weight excluding hydrogens is 183 g/mol. The van der Waals surface area contributed by atoms with E-state index in [1.807, 2.05) is 0 Å². The maximum Gasteiger partial charge on any atom is 0.130 e. The third-order valence-corrected chi connectivity index (χ3v) is 2.62. The minimum absolute atomic E-state index is 0.279. The molecule has 0 spiro atoms. The van der Waals surface area contributed by atoms with Crippen molar-refractivity contribution in [3.05, 3.63) is 29.6 Å². The molecule has 1 aliphatic heterocycles. The van der Waals surface area contributed by atoms with Crippen LogP contribution in [-0.4, -0.2) is 17.3 Å². The van der Waals surface area contributed by atoms with Gasteiger partial charge in [-0.15, -0.1) is 0 Å². The lowest BCUT2D eigenvalue weighted by atomic mass is 9.86. The molecule has 1 heterocycles. The van der Waals surface area contributed by atoms with Gasteiger partial charge in [-0.2, -0.15) is 0 Å². The van der Waals surface area contributed by atoms with Gasteiger partial charge in [-0.25, -0.2) is 4.39 Å². The van der Waals surface area contributed by atoms with Gasteiger partial charge in [0.25, 0.3) is 0 Å². The summed E-state index contributed by atoms with van der Waals surface area (Å²) in [6, 6.07) is 4.73. The van der Waals surface area contributed by atoms with Crippen LogP contribution in [0.25, 0.3) is 0 Å². The van der Waals surface area contributed by atoms with Crippen molar-refractivity contribution < 1.29 is 14.2 Å². The first-order valence-corrected chi connectivity index (χ1v) is 4.64. The minimum atomic E-state index is -0.951. The van der Waals surface area contributed by atoms with Crippen LogP contribution in [0.2, 0.25) is 0 Å². The van der Waals surface area contributed by atoms with Crippen molar-refractivity contribution in [1.29, 1.82) is 0 Å². The van der Waals surface area contributed by atoms with Gasteiger partial charge in [0, 0.05) is 5.56 Å². The first-order valence-electron chi connectivity index (χ1n) is 4.64. The van der Waals surface area contributed by atoms with Gasteiger partial charge >= 0.3 is 0 Å². The van der Waals surface area contributed by atoms with Gasteiger partial charge in [0.15, 0.2) is 0 Å². The summed E-state index contributed by atoms with van der Waals surface area (Å²) < 4.78 is 18.8. The van der Waals surface area contributed by atoms with Crippen LogP contribution in [0.5, 0.6) is 5.75 Å². The third kappa shape index (κ3) is 1.38. The van der Waals surface area contributed by atoms with Gasteiger partial charge in [-0.05, 0) is 26.0 Å². The van der Waals surface area contributed by atoms with Crippen LogP contribution in [0.1, 0.15) is 25.3 Å². The molecule has 1 aliphatic rings. The van der Waals surface area contributed by atoms with E-state index in [-0.39, 0.29) is 11.7 Å². The van der Waals surface area contributed by atoms with Crippen LogP contribution < -0.4 is 4.74 Å². The lowest BCUT2D eigenvalue weighted by Crippen LogP contribution is -2.30. The predicted octanol–water partition coefficient (Wildman–Crippen LogP) is 2.07. The standard InChI is InChI=1S/C11H13FO2/c1-11(2,13)7-6-14-9-5-3-4-8(12)10(7)9/h3-5,7,13H,6H2,1-2H3. The lowest BCUT2D eigenvalue weighted by molar-refractivity contribution is 0.0413. The largest absolute Gasteiger partial charge is 0.492 e. The Balaban J connectivity index is 2.48. The zero-order valence-electron chi connectivity index (χ0n) is 8.25. The number of ether oxygens (including phenoxy) is 1. The Hall–Kier alpha value is -1.09. The number of fused-ring (bicyclic) bond motifs is 1. The molecule has 3 heteroatoms. The normalized spacial score (nSPS) is 20.4. The van der Waals surface area contributed by atoms with Gasteiger partial charge in [0.1, 0.15) is 11.6 Å². The molecule has 2 nitrogen and oxygen atoms in total. The Morgan fingerprint density at radius 1 is 1.50 bits per heavy atom. The van der Waals surface area contributed by atoms with Crippen LogP contribution in [-0.2, 0) is 0 Å². The van der Waals surface area contributed by atoms with Crippen LogP contribution in [0.15, 0.2) is 18.2 Å². The van der Waals surface area contributed by atoms with E-state index in [1.54, 1.807) is 26.0 Å². The summed E-state index contributed by atoms with van der Waals surface area (Å²) in [7, 11) is 0. The summed E-state index contributed by atoms with van der Waals surface area (Å²) in [6.07, 6.45) is 0. The van der Waals surface area contributed by atoms with Crippen molar-refractivity contribution in [2.24, 2.45) is 0 Å². The Labute approximate surface area is 82.3 Å². The van der Waals surface area contributed by atoms with Gasteiger partial charge in [-0.3, -0.25) is 0 Å². The van der Waals surface area contributed by atoms with Gasteiger partial charge < -0.3 is 9.84 Å². The molecule has 0 fully saturated rings. The highest BCUT2D eigenvalue weighted by atomic mass is 19.1. The Morgan fingerprint density at radius 3 is 2.86 bits per heavy atom. The van der Waals surface area contributed by atoms with Crippen molar-refractivity contribution in [3.8, 4) is 5.75 Å². The summed E-state index contributed by atoms with van der Waals surface area (Å²) in [5.41, 5.74) is -0.451. The number of halogens is 1. The molecule has 1 N–H and O–H groups in total. The second-order valence-electron chi connectivity index (χ2n) is 4.17. The predicted molar refractivity (Wildman–Crippen MR) is 50.9 cm³/mol. The van der Waals surface area contributed by atoms with Crippen molar-refractivity contribution in [3.63, 3.8) is 0 Å². The highest BCUT2D eigenvalue weighted by molar-refractivity contribution is 5.42. The second kappa shape index (κ2) is 2.95. The molecule has 0 aromatic heterocycles. The number of rotatable bonds is 1. The molecule has 0 bridgehead atoms. The van der Waals surface area contributed by atoms with Crippen molar-refractivity contribution in [1.82, 2.24) is 0 Å². The molecule has 2 rings (SSSR count). The molecule has 0 aliphatic carbocycles. The highest BCUT2D eigenvalue weighted by Crippen LogP contribution is 2.41. The topological polar surface area (TPSA) is 29.5 Å². The molecule has 1 unspecified atom stereocenters. The molecular formula is C11H13FO2. The molecule has 0 saturated carbocycles. The monoisotopic (exact) mass is 196 g/mol. The molecule has 1 atom stereocenters. The molecule has 1 aromatic rings. The molecule has 0 amide bonds. The first kappa shape index (κ1) is 9.46. The van der Waals surface area contributed by atoms with E-state index in [0.29, 0.717) is 17.9 Å². The van der Waals surface area contributed by atoms with Gasteiger partial charge in [0.05, 0.1) is 18.1 Å². The van der Waals surface area contributed by atoms with E-state index < -0.39 is 5.60 Å². The van der Waals surface area contributed by atoms with E-state index in [1.165, 1.54) is 6.07 Å². The van der Waals surface area contributed by atoms with E-state index >= 15 is 0 Å². The zero-order chi connectivity index (χ0) is 10.3. The Kier molecular flexibility index (Phi) is 2.00. The number of benzene rings is 1. The number of hydrogen-bond donors (Lipinski definition) is 1. The molecule has 0 radical (unpaired) electrons. The fourth-order valence-electron chi connectivity index (χ4n) is 1.79. The van der Waals surface area contributed by atoms with Crippen LogP contribution >= 0.6 is 0 Å². The SMILES string of the molecule is CC(C)(O)C1COc2cccc(F)c21. The Bertz CT molecular complexity index is 355. The third-order valence-electron chi connectivity index (χ3n) is 2.62. The number of hydrogen-bond acceptors (Lipinski definition) is 2. The van der Waals surface area contributed by atoms with E-state index in [4.69, 9.17) is 4.74 Å². The summed E-state index contributed by atoms with van der Waals surface area (Å²) in [6.45, 7) is 3.69. The van der Waals surface area contributed by atoms with Crippen LogP contribution in [0.3, 0.4) is 0 Å². The maximum absolute atomic E-state index is 13.5. The maximum atomic E-state index is 13.5. The van der Waals surface area contributed by atoms with Crippen molar-refractivity contribution in [2.75, 3.05) is 6.61 Å². The fraction of sp³-hybridized carbons (Fsp3) is 0.455. The fourth-order valence-corrected chi connectivity index (χ4v) is 1.79. The van der Waals surface area contributed by atoms with Gasteiger partial charge in [0.2, 0.25) is 0 Å². The van der Waals surface area contributed by atoms with Gasteiger partial charge in [-0.1, -0.05) is 6.07 Å². The average Bonchev–Trinajstić information content (AvgIpc) is 2.47. The average molecular weight is 196 g/mol. The van der Waals surface area contributed by atoms with E-state index in [2.05, 4.69) is 0 Å². The Morgan fingerprint density at radius 2 is 2.21 bits per heavy atom. The van der Waals surface area contributed by atoms with Crippen molar-refractivity contribution >= 4 is 0 Å². The van der Waals surface area contributed by atoms with E-state index in [0.717, 1.165) is 0 Å². The quantitative estimate of drug-likeness (QED) is 0.745. The van der Waals surface area contributed by atoms with E-state index in [9.17, 15) is 9.50 Å². The summed E-state index contributed by atoms with van der Waals surface area (Å²) >= 11 is 0. The van der Waals surface area contributed by atoms with Crippen LogP contribution in [0.4, 0.5) is 4.39 Å². The lowest BCUT2D eigenvalue weighted by Gasteiger charge is -2.24. The zero-order valence-corrected chi connectivity index (χ0v) is 8.25. The molecule has 1 aromatic carbocycles. The highest BCUT2D eigenvalue weighted by Gasteiger charge is 2.37.